The highest BCUT2D eigenvalue weighted by atomic mass is 16.5. The van der Waals surface area contributed by atoms with Crippen molar-refractivity contribution in [2.45, 2.75) is 45.1 Å². The van der Waals surface area contributed by atoms with Gasteiger partial charge in [0, 0.05) is 5.56 Å². The molecule has 5 nitrogen and oxygen atoms in total. The molecule has 25 heavy (non-hydrogen) atoms. The molecule has 5 heteroatoms. The molecule has 0 amide bonds. The van der Waals surface area contributed by atoms with E-state index >= 15 is 0 Å². The van der Waals surface area contributed by atoms with Crippen LogP contribution in [0.2, 0.25) is 0 Å². The molecule has 0 spiro atoms. The number of H-pyrrole nitrogens is 1. The van der Waals surface area contributed by atoms with Crippen LogP contribution in [0, 0.1) is 0 Å². The average molecular weight is 338 g/mol. The SMILES string of the molecule is CC(=O)/C(=C/c1cnc(-c2ccccc2)[nH]1)C(=O)OC1CCCCC1. The highest BCUT2D eigenvalue weighted by molar-refractivity contribution is 6.19. The summed E-state index contributed by atoms with van der Waals surface area (Å²) in [6.07, 6.45) is 8.12. The molecule has 1 saturated carbocycles. The number of carbonyl (C=O) groups excluding carboxylic acids is 2. The van der Waals surface area contributed by atoms with E-state index in [0.717, 1.165) is 31.2 Å². The Labute approximate surface area is 147 Å². The summed E-state index contributed by atoms with van der Waals surface area (Å²) in [7, 11) is 0. The van der Waals surface area contributed by atoms with Crippen LogP contribution >= 0.6 is 0 Å². The fourth-order valence-corrected chi connectivity index (χ4v) is 3.01. The van der Waals surface area contributed by atoms with Gasteiger partial charge in [-0.15, -0.1) is 0 Å². The number of ketones is 1. The van der Waals surface area contributed by atoms with E-state index in [1.165, 1.54) is 19.4 Å². The van der Waals surface area contributed by atoms with Gasteiger partial charge in [-0.3, -0.25) is 4.79 Å². The highest BCUT2D eigenvalue weighted by Gasteiger charge is 2.22. The van der Waals surface area contributed by atoms with Crippen molar-refractivity contribution in [3.8, 4) is 11.4 Å². The zero-order valence-electron chi connectivity index (χ0n) is 14.3. The van der Waals surface area contributed by atoms with Gasteiger partial charge in [-0.05, 0) is 38.7 Å². The number of Topliss-reactive ketones (excluding diaryl/α,β-unsaturated/α-hetero) is 1. The summed E-state index contributed by atoms with van der Waals surface area (Å²) in [5, 5.41) is 0. The van der Waals surface area contributed by atoms with E-state index in [9.17, 15) is 9.59 Å². The lowest BCUT2D eigenvalue weighted by Gasteiger charge is -2.22. The summed E-state index contributed by atoms with van der Waals surface area (Å²) in [5.41, 5.74) is 1.59. The standard InChI is InChI=1S/C20H22N2O3/c1-14(23)18(20(24)25-17-10-6-3-7-11-17)12-16-13-21-19(22-16)15-8-4-2-5-9-15/h2,4-5,8-9,12-13,17H,3,6-7,10-11H2,1H3,(H,21,22)/b18-12-. The highest BCUT2D eigenvalue weighted by Crippen LogP contribution is 2.22. The number of nitrogens with one attached hydrogen (secondary N) is 1. The minimum atomic E-state index is -0.546. The monoisotopic (exact) mass is 338 g/mol. The molecule has 1 N–H and O–H groups in total. The van der Waals surface area contributed by atoms with E-state index in [4.69, 9.17) is 4.74 Å². The summed E-state index contributed by atoms with van der Waals surface area (Å²) in [6, 6.07) is 9.67. The third-order valence-corrected chi connectivity index (χ3v) is 4.37. The molecule has 1 fully saturated rings. The molecule has 1 aromatic carbocycles. The predicted molar refractivity (Wildman–Crippen MR) is 95.6 cm³/mol. The molecule has 3 rings (SSSR count). The summed E-state index contributed by atoms with van der Waals surface area (Å²) in [6.45, 7) is 1.38. The van der Waals surface area contributed by atoms with Crippen molar-refractivity contribution in [1.29, 1.82) is 0 Å². The fourth-order valence-electron chi connectivity index (χ4n) is 3.01. The summed E-state index contributed by atoms with van der Waals surface area (Å²) in [5.74, 6) is -0.165. The number of nitrogens with zero attached hydrogens (tertiary/aromatic N) is 1. The van der Waals surface area contributed by atoms with Gasteiger partial charge in [0.05, 0.1) is 11.9 Å². The molecule has 1 aliphatic carbocycles. The number of hydrogen-bond acceptors (Lipinski definition) is 4. The number of benzene rings is 1. The molecule has 0 saturated heterocycles. The zero-order valence-corrected chi connectivity index (χ0v) is 14.3. The van der Waals surface area contributed by atoms with Gasteiger partial charge >= 0.3 is 5.97 Å². The molecule has 130 valence electrons. The first kappa shape index (κ1) is 17.1. The number of imidazole rings is 1. The lowest BCUT2D eigenvalue weighted by molar-refractivity contribution is -0.146. The smallest absolute Gasteiger partial charge is 0.342 e. The second-order valence-corrected chi connectivity index (χ2v) is 6.33. The van der Waals surface area contributed by atoms with E-state index in [1.54, 1.807) is 6.20 Å². The minimum absolute atomic E-state index is 0.0498. The van der Waals surface area contributed by atoms with Crippen LogP contribution in [-0.2, 0) is 14.3 Å². The fraction of sp³-hybridized carbons (Fsp3) is 0.350. The van der Waals surface area contributed by atoms with Crippen LogP contribution in [0.5, 0.6) is 0 Å². The van der Waals surface area contributed by atoms with Crippen LogP contribution in [-0.4, -0.2) is 27.8 Å². The van der Waals surface area contributed by atoms with Gasteiger partial charge in [0.25, 0.3) is 0 Å². The number of ether oxygens (including phenoxy) is 1. The largest absolute Gasteiger partial charge is 0.459 e. The van der Waals surface area contributed by atoms with Gasteiger partial charge < -0.3 is 9.72 Å². The average Bonchev–Trinajstić information content (AvgIpc) is 3.10. The lowest BCUT2D eigenvalue weighted by atomic mass is 9.97. The maximum Gasteiger partial charge on any atom is 0.342 e. The van der Waals surface area contributed by atoms with Crippen LogP contribution in [0.3, 0.4) is 0 Å². The Hall–Kier alpha value is -2.69. The maximum atomic E-state index is 12.4. The molecular weight excluding hydrogens is 316 g/mol. The normalized spacial score (nSPS) is 15.8. The van der Waals surface area contributed by atoms with E-state index in [2.05, 4.69) is 9.97 Å². The van der Waals surface area contributed by atoms with Gasteiger partial charge in [0.1, 0.15) is 17.5 Å². The van der Waals surface area contributed by atoms with Crippen LogP contribution in [0.25, 0.3) is 17.5 Å². The Morgan fingerprint density at radius 1 is 1.16 bits per heavy atom. The molecular formula is C20H22N2O3. The topological polar surface area (TPSA) is 72.0 Å². The number of hydrogen-bond donors (Lipinski definition) is 1. The molecule has 1 heterocycles. The van der Waals surface area contributed by atoms with E-state index < -0.39 is 5.97 Å². The quantitative estimate of drug-likeness (QED) is 0.388. The minimum Gasteiger partial charge on any atom is -0.459 e. The number of aromatic amines is 1. The molecule has 1 aliphatic rings. The third-order valence-electron chi connectivity index (χ3n) is 4.37. The number of esters is 1. The lowest BCUT2D eigenvalue weighted by Crippen LogP contribution is -2.23. The first-order valence-corrected chi connectivity index (χ1v) is 8.67. The van der Waals surface area contributed by atoms with Crippen molar-refractivity contribution in [2.24, 2.45) is 0 Å². The van der Waals surface area contributed by atoms with Gasteiger partial charge in [-0.25, -0.2) is 9.78 Å². The van der Waals surface area contributed by atoms with Crippen LogP contribution < -0.4 is 0 Å². The van der Waals surface area contributed by atoms with Crippen molar-refractivity contribution in [3.63, 3.8) is 0 Å². The number of carbonyl (C=O) groups is 2. The van der Waals surface area contributed by atoms with Crippen LogP contribution in [0.4, 0.5) is 0 Å². The van der Waals surface area contributed by atoms with Crippen LogP contribution in [0.1, 0.15) is 44.7 Å². The Balaban J connectivity index is 1.77. The number of rotatable bonds is 5. The van der Waals surface area contributed by atoms with E-state index in [0.29, 0.717) is 11.5 Å². The second kappa shape index (κ2) is 7.92. The van der Waals surface area contributed by atoms with Gasteiger partial charge in [-0.1, -0.05) is 36.8 Å². The maximum absolute atomic E-state index is 12.4. The van der Waals surface area contributed by atoms with Gasteiger partial charge in [0.2, 0.25) is 0 Å². The van der Waals surface area contributed by atoms with Crippen molar-refractivity contribution < 1.29 is 14.3 Å². The van der Waals surface area contributed by atoms with Gasteiger partial charge in [0.15, 0.2) is 5.78 Å². The molecule has 0 unspecified atom stereocenters. The Bertz CT molecular complexity index is 771. The summed E-state index contributed by atoms with van der Waals surface area (Å²) >= 11 is 0. The first-order valence-electron chi connectivity index (χ1n) is 8.67. The van der Waals surface area contributed by atoms with Crippen molar-refractivity contribution >= 4 is 17.8 Å². The summed E-state index contributed by atoms with van der Waals surface area (Å²) in [4.78, 5) is 31.7. The van der Waals surface area contributed by atoms with Crippen molar-refractivity contribution in [2.75, 3.05) is 0 Å². The molecule has 1 aromatic heterocycles. The summed E-state index contributed by atoms with van der Waals surface area (Å²) < 4.78 is 5.52. The second-order valence-electron chi connectivity index (χ2n) is 6.33. The van der Waals surface area contributed by atoms with E-state index in [1.807, 2.05) is 30.3 Å². The molecule has 0 bridgehead atoms. The molecule has 0 atom stereocenters. The molecule has 0 radical (unpaired) electrons. The number of aromatic nitrogens is 2. The Kier molecular flexibility index (Phi) is 5.43. The zero-order chi connectivity index (χ0) is 17.6. The first-order chi connectivity index (χ1) is 12.1. The molecule has 0 aliphatic heterocycles. The van der Waals surface area contributed by atoms with E-state index in [-0.39, 0.29) is 17.5 Å². The van der Waals surface area contributed by atoms with Crippen molar-refractivity contribution in [1.82, 2.24) is 9.97 Å². The predicted octanol–water partition coefficient (Wildman–Crippen LogP) is 3.93. The van der Waals surface area contributed by atoms with Gasteiger partial charge in [-0.2, -0.15) is 0 Å². The van der Waals surface area contributed by atoms with Crippen molar-refractivity contribution in [3.05, 3.63) is 47.8 Å². The Morgan fingerprint density at radius 3 is 2.56 bits per heavy atom. The van der Waals surface area contributed by atoms with Crippen LogP contribution in [0.15, 0.2) is 42.1 Å². The Morgan fingerprint density at radius 2 is 1.88 bits per heavy atom. The third kappa shape index (κ3) is 4.44. The molecule has 2 aromatic rings.